The van der Waals surface area contributed by atoms with Crippen molar-refractivity contribution in [3.8, 4) is 11.3 Å². The van der Waals surface area contributed by atoms with E-state index in [1.165, 1.54) is 0 Å². The number of hydrogen-bond acceptors (Lipinski definition) is 6. The monoisotopic (exact) mass is 441 g/mol. The molecule has 1 aliphatic carbocycles. The van der Waals surface area contributed by atoms with Gasteiger partial charge in [0.25, 0.3) is 0 Å². The number of hydrogen-bond donors (Lipinski definition) is 3. The van der Waals surface area contributed by atoms with Crippen molar-refractivity contribution in [2.75, 3.05) is 10.6 Å². The SMILES string of the molecule is N[C@H]1CC[C@H](Nc2ccc3ncc(-c4cccc(NC(=O)Cc5ccccn5)c4)n3n2)CC1. The summed E-state index contributed by atoms with van der Waals surface area (Å²) in [6.07, 6.45) is 7.90. The lowest BCUT2D eigenvalue weighted by molar-refractivity contribution is -0.115. The lowest BCUT2D eigenvalue weighted by Gasteiger charge is -2.27. The van der Waals surface area contributed by atoms with Gasteiger partial charge in [0.1, 0.15) is 5.82 Å². The molecule has 0 aliphatic heterocycles. The van der Waals surface area contributed by atoms with Gasteiger partial charge in [0.05, 0.1) is 18.3 Å². The molecule has 1 fully saturated rings. The number of carbonyl (C=O) groups excluding carboxylic acids is 1. The smallest absolute Gasteiger partial charge is 0.230 e. The molecule has 1 aromatic carbocycles. The maximum atomic E-state index is 12.4. The highest BCUT2D eigenvalue weighted by molar-refractivity contribution is 5.92. The molecule has 8 nitrogen and oxygen atoms in total. The Hall–Kier alpha value is -3.78. The quantitative estimate of drug-likeness (QED) is 0.421. The number of pyridine rings is 1. The minimum absolute atomic E-state index is 0.110. The van der Waals surface area contributed by atoms with Crippen LogP contribution in [-0.4, -0.2) is 37.6 Å². The standard InChI is InChI=1S/C25H27N7O/c26-18-7-9-19(10-8-18)29-23-11-12-24-28-16-22(32(24)31-23)17-4-3-6-21(14-17)30-25(33)15-20-5-1-2-13-27-20/h1-6,11-14,16,18-19H,7-10,15,26H2,(H,29,31)(H,30,33)/t18-,19-. The summed E-state index contributed by atoms with van der Waals surface area (Å²) in [7, 11) is 0. The van der Waals surface area contributed by atoms with Crippen molar-refractivity contribution in [1.82, 2.24) is 19.6 Å². The van der Waals surface area contributed by atoms with Gasteiger partial charge in [0.15, 0.2) is 5.65 Å². The summed E-state index contributed by atoms with van der Waals surface area (Å²) in [5.74, 6) is 0.711. The maximum absolute atomic E-state index is 12.4. The Morgan fingerprint density at radius 3 is 2.73 bits per heavy atom. The van der Waals surface area contributed by atoms with E-state index < -0.39 is 0 Å². The Balaban J connectivity index is 1.34. The van der Waals surface area contributed by atoms with Gasteiger partial charge in [-0.1, -0.05) is 18.2 Å². The number of amides is 1. The number of nitrogens with zero attached hydrogens (tertiary/aromatic N) is 4. The van der Waals surface area contributed by atoms with Crippen LogP contribution >= 0.6 is 0 Å². The van der Waals surface area contributed by atoms with Gasteiger partial charge in [-0.2, -0.15) is 0 Å². The van der Waals surface area contributed by atoms with Crippen molar-refractivity contribution in [2.45, 2.75) is 44.2 Å². The lowest BCUT2D eigenvalue weighted by atomic mass is 9.92. The van der Waals surface area contributed by atoms with Gasteiger partial charge >= 0.3 is 0 Å². The van der Waals surface area contributed by atoms with E-state index in [9.17, 15) is 4.79 Å². The minimum Gasteiger partial charge on any atom is -0.366 e. The fraction of sp³-hybridized carbons (Fsp3) is 0.280. The number of rotatable bonds is 6. The van der Waals surface area contributed by atoms with Crippen LogP contribution in [0.25, 0.3) is 16.9 Å². The zero-order valence-electron chi connectivity index (χ0n) is 18.3. The average molecular weight is 442 g/mol. The number of fused-ring (bicyclic) bond motifs is 1. The normalized spacial score (nSPS) is 18.2. The first kappa shape index (κ1) is 21.1. The van der Waals surface area contributed by atoms with E-state index in [1.54, 1.807) is 12.4 Å². The summed E-state index contributed by atoms with van der Waals surface area (Å²) in [5.41, 5.74) is 10.0. The van der Waals surface area contributed by atoms with E-state index in [0.29, 0.717) is 12.1 Å². The van der Waals surface area contributed by atoms with Crippen LogP contribution in [0.3, 0.4) is 0 Å². The zero-order valence-corrected chi connectivity index (χ0v) is 18.3. The first-order valence-electron chi connectivity index (χ1n) is 11.3. The van der Waals surface area contributed by atoms with Gasteiger partial charge in [0, 0.05) is 35.2 Å². The van der Waals surface area contributed by atoms with Gasteiger partial charge in [-0.25, -0.2) is 9.50 Å². The van der Waals surface area contributed by atoms with Crippen LogP contribution < -0.4 is 16.4 Å². The topological polar surface area (TPSA) is 110 Å². The van der Waals surface area contributed by atoms with E-state index in [4.69, 9.17) is 10.8 Å². The molecule has 168 valence electrons. The van der Waals surface area contributed by atoms with E-state index in [0.717, 1.165) is 59.8 Å². The first-order chi connectivity index (χ1) is 16.1. The molecule has 3 heterocycles. The predicted molar refractivity (Wildman–Crippen MR) is 129 cm³/mol. The molecule has 0 saturated heterocycles. The molecular formula is C25H27N7O. The first-order valence-corrected chi connectivity index (χ1v) is 11.3. The van der Waals surface area contributed by atoms with E-state index >= 15 is 0 Å². The molecule has 0 bridgehead atoms. The second kappa shape index (κ2) is 9.38. The third-order valence-electron chi connectivity index (χ3n) is 6.00. The molecule has 0 radical (unpaired) electrons. The van der Waals surface area contributed by atoms with Crippen molar-refractivity contribution >= 4 is 23.1 Å². The minimum atomic E-state index is -0.110. The molecule has 0 unspecified atom stereocenters. The van der Waals surface area contributed by atoms with Crippen LogP contribution in [0.2, 0.25) is 0 Å². The zero-order chi connectivity index (χ0) is 22.6. The number of imidazole rings is 1. The van der Waals surface area contributed by atoms with Crippen LogP contribution in [0.5, 0.6) is 0 Å². The highest BCUT2D eigenvalue weighted by atomic mass is 16.1. The Morgan fingerprint density at radius 2 is 1.91 bits per heavy atom. The fourth-order valence-electron chi connectivity index (χ4n) is 4.25. The van der Waals surface area contributed by atoms with Gasteiger partial charge in [-0.3, -0.25) is 9.78 Å². The van der Waals surface area contributed by atoms with E-state index in [-0.39, 0.29) is 12.3 Å². The lowest BCUT2D eigenvalue weighted by Crippen LogP contribution is -2.33. The number of nitrogens with two attached hydrogens (primary N) is 1. The van der Waals surface area contributed by atoms with E-state index in [2.05, 4.69) is 20.6 Å². The Labute approximate surface area is 192 Å². The van der Waals surface area contributed by atoms with E-state index in [1.807, 2.05) is 59.1 Å². The van der Waals surface area contributed by atoms with Crippen molar-refractivity contribution in [3.05, 3.63) is 72.7 Å². The largest absolute Gasteiger partial charge is 0.366 e. The van der Waals surface area contributed by atoms with Crippen LogP contribution in [0, 0.1) is 0 Å². The van der Waals surface area contributed by atoms with Crippen LogP contribution in [0.4, 0.5) is 11.5 Å². The summed E-state index contributed by atoms with van der Waals surface area (Å²) in [6.45, 7) is 0. The molecule has 0 spiro atoms. The highest BCUT2D eigenvalue weighted by Gasteiger charge is 2.19. The molecule has 8 heteroatoms. The van der Waals surface area contributed by atoms with Crippen LogP contribution in [-0.2, 0) is 11.2 Å². The second-order valence-corrected chi connectivity index (χ2v) is 8.51. The van der Waals surface area contributed by atoms with Crippen molar-refractivity contribution in [1.29, 1.82) is 0 Å². The van der Waals surface area contributed by atoms with Gasteiger partial charge in [-0.15, -0.1) is 5.10 Å². The number of aromatic nitrogens is 4. The molecule has 1 amide bonds. The molecule has 0 atom stereocenters. The van der Waals surface area contributed by atoms with Crippen molar-refractivity contribution in [3.63, 3.8) is 0 Å². The highest BCUT2D eigenvalue weighted by Crippen LogP contribution is 2.25. The molecule has 4 aromatic rings. The van der Waals surface area contributed by atoms with Crippen LogP contribution in [0.15, 0.2) is 67.0 Å². The Kier molecular flexibility index (Phi) is 5.99. The number of nitrogens with one attached hydrogen (secondary N) is 2. The molecule has 1 saturated carbocycles. The molecule has 1 aliphatic rings. The molecular weight excluding hydrogens is 414 g/mol. The fourth-order valence-corrected chi connectivity index (χ4v) is 4.25. The number of anilines is 2. The summed E-state index contributed by atoms with van der Waals surface area (Å²) in [6, 6.07) is 17.9. The van der Waals surface area contributed by atoms with Gasteiger partial charge < -0.3 is 16.4 Å². The molecule has 4 N–H and O–H groups in total. The molecule has 3 aromatic heterocycles. The second-order valence-electron chi connectivity index (χ2n) is 8.51. The summed E-state index contributed by atoms with van der Waals surface area (Å²) in [5, 5.41) is 11.3. The Bertz CT molecular complexity index is 1250. The summed E-state index contributed by atoms with van der Waals surface area (Å²) in [4.78, 5) is 21.2. The predicted octanol–water partition coefficient (Wildman–Crippen LogP) is 3.65. The molecule has 5 rings (SSSR count). The number of carbonyl (C=O) groups is 1. The third-order valence-corrected chi connectivity index (χ3v) is 6.00. The van der Waals surface area contributed by atoms with Crippen molar-refractivity contribution in [2.24, 2.45) is 5.73 Å². The summed E-state index contributed by atoms with van der Waals surface area (Å²) < 4.78 is 1.84. The number of benzene rings is 1. The maximum Gasteiger partial charge on any atom is 0.230 e. The Morgan fingerprint density at radius 1 is 1.03 bits per heavy atom. The molecule has 33 heavy (non-hydrogen) atoms. The average Bonchev–Trinajstić information content (AvgIpc) is 3.25. The van der Waals surface area contributed by atoms with Gasteiger partial charge in [0.2, 0.25) is 5.91 Å². The van der Waals surface area contributed by atoms with Crippen molar-refractivity contribution < 1.29 is 4.79 Å². The van der Waals surface area contributed by atoms with Gasteiger partial charge in [-0.05, 0) is 62.1 Å². The summed E-state index contributed by atoms with van der Waals surface area (Å²) >= 11 is 0. The third kappa shape index (κ3) is 5.01. The van der Waals surface area contributed by atoms with Crippen LogP contribution in [0.1, 0.15) is 31.4 Å².